The third-order valence-corrected chi connectivity index (χ3v) is 7.00. The number of nitriles is 1. The van der Waals surface area contributed by atoms with Crippen LogP contribution in [0.15, 0.2) is 65.0 Å². The van der Waals surface area contributed by atoms with Crippen LogP contribution in [0.4, 0.5) is 0 Å². The maximum Gasteiger partial charge on any atom is 0.177 e. The topological polar surface area (TPSA) is 57.7 Å². The van der Waals surface area contributed by atoms with Crippen molar-refractivity contribution in [2.75, 3.05) is 0 Å². The minimum absolute atomic E-state index is 0.602. The van der Waals surface area contributed by atoms with Gasteiger partial charge in [-0.1, -0.05) is 78.3 Å². The normalized spacial score (nSPS) is 17.4. The predicted octanol–water partition coefficient (Wildman–Crippen LogP) is 5.75. The summed E-state index contributed by atoms with van der Waals surface area (Å²) in [6, 6.07) is 21.4. The molecule has 1 aromatic heterocycles. The van der Waals surface area contributed by atoms with Crippen molar-refractivity contribution in [3.63, 3.8) is 0 Å². The molecule has 3 heterocycles. The summed E-state index contributed by atoms with van der Waals surface area (Å²) >= 11 is 1.60. The van der Waals surface area contributed by atoms with Gasteiger partial charge >= 0.3 is 0 Å². The third-order valence-electron chi connectivity index (χ3n) is 6.01. The molecule has 0 bridgehead atoms. The van der Waals surface area contributed by atoms with Crippen molar-refractivity contribution in [3.8, 4) is 6.07 Å². The first-order valence-electron chi connectivity index (χ1n) is 11.1. The Morgan fingerprint density at radius 3 is 2.62 bits per heavy atom. The lowest BCUT2D eigenvalue weighted by Gasteiger charge is -2.25. The Labute approximate surface area is 193 Å². The van der Waals surface area contributed by atoms with E-state index in [9.17, 15) is 5.26 Å². The van der Waals surface area contributed by atoms with Crippen LogP contribution in [0.25, 0.3) is 11.3 Å². The number of aryl methyl sites for hydroxylation is 2. The summed E-state index contributed by atoms with van der Waals surface area (Å²) in [4.78, 5) is 2.25. The number of allylic oxidation sites excluding steroid dienone is 1. The van der Waals surface area contributed by atoms with E-state index in [1.807, 2.05) is 6.07 Å². The first-order chi connectivity index (χ1) is 15.7. The number of thioether (sulfide) groups is 1. The van der Waals surface area contributed by atoms with Crippen LogP contribution in [-0.2, 0) is 19.5 Å². The Morgan fingerprint density at radius 1 is 1.03 bits per heavy atom. The van der Waals surface area contributed by atoms with E-state index in [0.717, 1.165) is 47.9 Å². The lowest BCUT2D eigenvalue weighted by molar-refractivity contribution is 0.521. The minimum atomic E-state index is 0.602. The van der Waals surface area contributed by atoms with Gasteiger partial charge in [-0.15, -0.1) is 10.2 Å². The van der Waals surface area contributed by atoms with Crippen molar-refractivity contribution in [2.45, 2.75) is 45.7 Å². The number of hydrogen-bond donors (Lipinski definition) is 0. The highest BCUT2D eigenvalue weighted by Gasteiger charge is 2.29. The van der Waals surface area contributed by atoms with Gasteiger partial charge in [0.15, 0.2) is 5.82 Å². The van der Waals surface area contributed by atoms with E-state index in [4.69, 9.17) is 0 Å². The van der Waals surface area contributed by atoms with Crippen molar-refractivity contribution in [1.29, 1.82) is 5.26 Å². The van der Waals surface area contributed by atoms with E-state index in [0.29, 0.717) is 17.9 Å². The smallest absolute Gasteiger partial charge is 0.177 e. The number of rotatable bonds is 4. The summed E-state index contributed by atoms with van der Waals surface area (Å²) in [5.41, 5.74) is 5.28. The fourth-order valence-corrected chi connectivity index (χ4v) is 5.31. The zero-order valence-corrected chi connectivity index (χ0v) is 19.0. The molecule has 5 rings (SSSR count). The highest BCUT2D eigenvalue weighted by atomic mass is 32.2. The zero-order valence-electron chi connectivity index (χ0n) is 18.2. The molecule has 0 amide bonds. The Bertz CT molecular complexity index is 1220. The monoisotopic (exact) mass is 439 g/mol. The first kappa shape index (κ1) is 20.6. The van der Waals surface area contributed by atoms with Crippen LogP contribution in [0.3, 0.4) is 0 Å². The van der Waals surface area contributed by atoms with Crippen molar-refractivity contribution in [3.05, 3.63) is 93.4 Å². The fourth-order valence-electron chi connectivity index (χ4n) is 4.28. The second kappa shape index (κ2) is 9.05. The Kier molecular flexibility index (Phi) is 5.83. The van der Waals surface area contributed by atoms with Crippen molar-refractivity contribution in [2.24, 2.45) is 0 Å². The molecular weight excluding hydrogens is 414 g/mol. The van der Waals surface area contributed by atoms with Gasteiger partial charge in [0.25, 0.3) is 0 Å². The Hall–Kier alpha value is -3.30. The number of fused-ring (bicyclic) bond motifs is 1. The summed E-state index contributed by atoms with van der Waals surface area (Å²) < 4.78 is 2.16. The summed E-state index contributed by atoms with van der Waals surface area (Å²) in [6.45, 7) is 3.66. The minimum Gasteiger partial charge on any atom is -0.329 e. The largest absolute Gasteiger partial charge is 0.329 e. The van der Waals surface area contributed by atoms with E-state index < -0.39 is 0 Å². The molecule has 0 saturated carbocycles. The van der Waals surface area contributed by atoms with Gasteiger partial charge in [-0.2, -0.15) is 5.26 Å². The maximum atomic E-state index is 10.3. The van der Waals surface area contributed by atoms with Crippen LogP contribution >= 0.6 is 11.8 Å². The summed E-state index contributed by atoms with van der Waals surface area (Å²) in [5, 5.41) is 22.2. The summed E-state index contributed by atoms with van der Waals surface area (Å²) in [7, 11) is 0. The van der Waals surface area contributed by atoms with Crippen LogP contribution in [-0.4, -0.2) is 19.7 Å². The highest BCUT2D eigenvalue weighted by molar-refractivity contribution is 8.06. The second-order valence-corrected chi connectivity index (χ2v) is 9.11. The molecule has 0 spiro atoms. The molecule has 160 valence electrons. The average Bonchev–Trinajstić information content (AvgIpc) is 3.32. The molecule has 6 heteroatoms. The van der Waals surface area contributed by atoms with Gasteiger partial charge in [0.1, 0.15) is 22.5 Å². The average molecular weight is 440 g/mol. The number of hydrogen-bond acceptors (Lipinski definition) is 5. The van der Waals surface area contributed by atoms with E-state index >= 15 is 0 Å². The lowest BCUT2D eigenvalue weighted by atomic mass is 10.1. The van der Waals surface area contributed by atoms with Gasteiger partial charge in [-0.25, -0.2) is 0 Å². The van der Waals surface area contributed by atoms with E-state index in [1.54, 1.807) is 11.8 Å². The van der Waals surface area contributed by atoms with Gasteiger partial charge < -0.3 is 9.47 Å². The van der Waals surface area contributed by atoms with E-state index in [2.05, 4.69) is 86.6 Å². The number of aromatic nitrogens is 3. The first-order valence-corrected chi connectivity index (χ1v) is 11.9. The zero-order chi connectivity index (χ0) is 21.9. The molecule has 0 saturated heterocycles. The van der Waals surface area contributed by atoms with Gasteiger partial charge in [0, 0.05) is 24.9 Å². The van der Waals surface area contributed by atoms with Crippen LogP contribution in [0.1, 0.15) is 47.6 Å². The van der Waals surface area contributed by atoms with Crippen LogP contribution in [0.2, 0.25) is 0 Å². The second-order valence-electron chi connectivity index (χ2n) is 8.25. The molecule has 2 aliphatic heterocycles. The molecule has 0 unspecified atom stereocenters. The van der Waals surface area contributed by atoms with Gasteiger partial charge in [0.2, 0.25) is 0 Å². The Balaban J connectivity index is 1.60. The standard InChI is InChI=1S/C26H25N5S/c1-19-11-13-21(14-12-19)23-18-32-26(31(23)17-20-8-4-2-5-9-20)22(16-27)25-29-28-24-10-6-3-7-15-30(24)25/h2,4-5,8-9,11-14,18H,3,6-7,10,15,17H2,1H3/b26-22+. The molecule has 2 aliphatic rings. The van der Waals surface area contributed by atoms with Gasteiger partial charge in [0.05, 0.1) is 5.70 Å². The quantitative estimate of drug-likeness (QED) is 0.484. The number of benzene rings is 2. The predicted molar refractivity (Wildman–Crippen MR) is 129 cm³/mol. The molecule has 2 aromatic carbocycles. The van der Waals surface area contributed by atoms with Crippen molar-refractivity contribution >= 4 is 23.0 Å². The third kappa shape index (κ3) is 3.96. The van der Waals surface area contributed by atoms with Crippen molar-refractivity contribution < 1.29 is 0 Å². The molecule has 0 fully saturated rings. The molecule has 5 nitrogen and oxygen atoms in total. The van der Waals surface area contributed by atoms with E-state index in [-0.39, 0.29) is 0 Å². The summed E-state index contributed by atoms with van der Waals surface area (Å²) in [5.74, 6) is 1.69. The summed E-state index contributed by atoms with van der Waals surface area (Å²) in [6.07, 6.45) is 4.34. The molecule has 3 aromatic rings. The van der Waals surface area contributed by atoms with Crippen LogP contribution in [0, 0.1) is 18.3 Å². The molecule has 0 radical (unpaired) electrons. The molecular formula is C26H25N5S. The molecule has 0 atom stereocenters. The number of nitrogens with zero attached hydrogens (tertiary/aromatic N) is 5. The van der Waals surface area contributed by atoms with Crippen LogP contribution < -0.4 is 0 Å². The highest BCUT2D eigenvalue weighted by Crippen LogP contribution is 2.44. The van der Waals surface area contributed by atoms with Gasteiger partial charge in [-0.05, 0) is 30.9 Å². The molecule has 0 N–H and O–H groups in total. The van der Waals surface area contributed by atoms with Crippen molar-refractivity contribution in [1.82, 2.24) is 19.7 Å². The fraction of sp³-hybridized carbons (Fsp3) is 0.269. The SMILES string of the molecule is Cc1ccc(C2=CS/C(=C(\C#N)c3nnc4n3CCCCC4)N2Cc2ccccc2)cc1. The van der Waals surface area contributed by atoms with Gasteiger partial charge in [-0.3, -0.25) is 0 Å². The van der Waals surface area contributed by atoms with E-state index in [1.165, 1.54) is 17.5 Å². The molecule has 0 aliphatic carbocycles. The Morgan fingerprint density at radius 2 is 1.84 bits per heavy atom. The molecule has 32 heavy (non-hydrogen) atoms. The van der Waals surface area contributed by atoms with Crippen LogP contribution in [0.5, 0.6) is 0 Å². The maximum absolute atomic E-state index is 10.3. The lowest BCUT2D eigenvalue weighted by Crippen LogP contribution is -2.18.